The Kier molecular flexibility index (Phi) is 7.39. The topological polar surface area (TPSA) is 46.6 Å². The molecule has 31 heavy (non-hydrogen) atoms. The standard InChI is InChI=1S/C25H34ClNO3S/c1-18-15-27(16-19(2)30-18)24-13-12-21(14-23(24)26)9-6-20-7-10-22(11-8-20)17-31(28,29)25(3,4)5/h7-8,10-14,18-19H,6,9,15-17H2,1-5H3/t18-,19+. The van der Waals surface area contributed by atoms with Crippen molar-refractivity contribution in [2.75, 3.05) is 18.0 Å². The lowest BCUT2D eigenvalue weighted by Gasteiger charge is -2.37. The summed E-state index contributed by atoms with van der Waals surface area (Å²) in [7, 11) is -3.17. The van der Waals surface area contributed by atoms with Crippen molar-refractivity contribution < 1.29 is 13.2 Å². The Morgan fingerprint density at radius 1 is 0.935 bits per heavy atom. The molecule has 1 aliphatic rings. The van der Waals surface area contributed by atoms with E-state index in [0.29, 0.717) is 0 Å². The Morgan fingerprint density at radius 3 is 2.00 bits per heavy atom. The van der Waals surface area contributed by atoms with Crippen LogP contribution in [-0.4, -0.2) is 38.5 Å². The van der Waals surface area contributed by atoms with Crippen LogP contribution in [0.15, 0.2) is 42.5 Å². The molecule has 4 nitrogen and oxygen atoms in total. The largest absolute Gasteiger partial charge is 0.372 e. The van der Waals surface area contributed by atoms with E-state index in [1.54, 1.807) is 20.8 Å². The fourth-order valence-corrected chi connectivity index (χ4v) is 5.25. The first-order valence-electron chi connectivity index (χ1n) is 10.9. The number of morpholine rings is 1. The molecule has 0 aliphatic carbocycles. The monoisotopic (exact) mass is 463 g/mol. The highest BCUT2D eigenvalue weighted by molar-refractivity contribution is 7.91. The van der Waals surface area contributed by atoms with Crippen molar-refractivity contribution in [1.82, 2.24) is 0 Å². The number of anilines is 1. The van der Waals surface area contributed by atoms with Gasteiger partial charge in [0.05, 0.1) is 33.4 Å². The zero-order chi connectivity index (χ0) is 22.8. The van der Waals surface area contributed by atoms with E-state index < -0.39 is 14.6 Å². The lowest BCUT2D eigenvalue weighted by Crippen LogP contribution is -2.45. The van der Waals surface area contributed by atoms with Crippen LogP contribution in [-0.2, 0) is 33.2 Å². The van der Waals surface area contributed by atoms with Crippen molar-refractivity contribution >= 4 is 27.1 Å². The van der Waals surface area contributed by atoms with Gasteiger partial charge in [0.25, 0.3) is 0 Å². The number of hydrogen-bond donors (Lipinski definition) is 0. The summed E-state index contributed by atoms with van der Waals surface area (Å²) in [5.41, 5.74) is 4.28. The molecule has 0 radical (unpaired) electrons. The SMILES string of the molecule is C[C@@H]1CN(c2ccc(CCc3ccc(CS(=O)(=O)C(C)(C)C)cc3)cc2Cl)C[C@H](C)O1. The smallest absolute Gasteiger partial charge is 0.159 e. The third-order valence-electron chi connectivity index (χ3n) is 5.79. The van der Waals surface area contributed by atoms with Gasteiger partial charge in [-0.15, -0.1) is 0 Å². The van der Waals surface area contributed by atoms with E-state index in [0.717, 1.165) is 42.2 Å². The average molecular weight is 464 g/mol. The van der Waals surface area contributed by atoms with Gasteiger partial charge in [-0.2, -0.15) is 0 Å². The summed E-state index contributed by atoms with van der Waals surface area (Å²) in [6, 6.07) is 14.2. The number of sulfone groups is 1. The quantitative estimate of drug-likeness (QED) is 0.571. The molecular weight excluding hydrogens is 430 g/mol. The van der Waals surface area contributed by atoms with E-state index >= 15 is 0 Å². The lowest BCUT2D eigenvalue weighted by molar-refractivity contribution is -0.00521. The number of ether oxygens (including phenoxy) is 1. The second-order valence-corrected chi connectivity index (χ2v) is 12.8. The maximum atomic E-state index is 12.4. The second kappa shape index (κ2) is 9.51. The van der Waals surface area contributed by atoms with Gasteiger partial charge in [-0.25, -0.2) is 8.42 Å². The van der Waals surface area contributed by atoms with Gasteiger partial charge in [0.2, 0.25) is 0 Å². The summed E-state index contributed by atoms with van der Waals surface area (Å²) in [5.74, 6) is 0.0760. The van der Waals surface area contributed by atoms with Crippen molar-refractivity contribution in [1.29, 1.82) is 0 Å². The fraction of sp³-hybridized carbons (Fsp3) is 0.520. The summed E-state index contributed by atoms with van der Waals surface area (Å²) in [4.78, 5) is 2.30. The van der Waals surface area contributed by atoms with Crippen molar-refractivity contribution in [3.63, 3.8) is 0 Å². The average Bonchev–Trinajstić information content (AvgIpc) is 2.65. The maximum Gasteiger partial charge on any atom is 0.159 e. The first kappa shape index (κ1) is 24.1. The van der Waals surface area contributed by atoms with E-state index in [4.69, 9.17) is 16.3 Å². The Labute approximate surface area is 192 Å². The summed E-state index contributed by atoms with van der Waals surface area (Å²) < 4.78 is 29.9. The van der Waals surface area contributed by atoms with E-state index in [9.17, 15) is 8.42 Å². The van der Waals surface area contributed by atoms with E-state index in [2.05, 4.69) is 36.9 Å². The van der Waals surface area contributed by atoms with Gasteiger partial charge >= 0.3 is 0 Å². The van der Waals surface area contributed by atoms with Gasteiger partial charge in [-0.1, -0.05) is 41.9 Å². The van der Waals surface area contributed by atoms with Gasteiger partial charge in [-0.3, -0.25) is 0 Å². The van der Waals surface area contributed by atoms with Crippen molar-refractivity contribution in [2.45, 2.75) is 70.2 Å². The Balaban J connectivity index is 1.61. The third kappa shape index (κ3) is 6.24. The molecule has 0 saturated carbocycles. The van der Waals surface area contributed by atoms with Crippen molar-refractivity contribution in [3.8, 4) is 0 Å². The first-order valence-corrected chi connectivity index (χ1v) is 13.0. The number of aryl methyl sites for hydroxylation is 2. The highest BCUT2D eigenvalue weighted by Crippen LogP contribution is 2.30. The minimum atomic E-state index is -3.17. The van der Waals surface area contributed by atoms with Gasteiger partial charge in [-0.05, 0) is 76.3 Å². The van der Waals surface area contributed by atoms with Crippen LogP contribution >= 0.6 is 11.6 Å². The number of hydrogen-bond acceptors (Lipinski definition) is 4. The summed E-state index contributed by atoms with van der Waals surface area (Å²) in [6.45, 7) is 11.1. The Bertz CT molecular complexity index is 986. The second-order valence-electron chi connectivity index (χ2n) is 9.64. The number of benzene rings is 2. The molecular formula is C25H34ClNO3S. The van der Waals surface area contributed by atoms with Crippen LogP contribution in [0.1, 0.15) is 51.3 Å². The molecule has 1 fully saturated rings. The van der Waals surface area contributed by atoms with Crippen LogP contribution in [0.4, 0.5) is 5.69 Å². The molecule has 2 aromatic rings. The van der Waals surface area contributed by atoms with Crippen molar-refractivity contribution in [3.05, 3.63) is 64.2 Å². The van der Waals surface area contributed by atoms with Gasteiger partial charge in [0.1, 0.15) is 0 Å². The number of halogens is 1. The molecule has 170 valence electrons. The zero-order valence-corrected chi connectivity index (χ0v) is 20.8. The minimum absolute atomic E-state index is 0.0760. The van der Waals surface area contributed by atoms with Crippen molar-refractivity contribution in [2.24, 2.45) is 0 Å². The number of nitrogens with zero attached hydrogens (tertiary/aromatic N) is 1. The molecule has 1 aliphatic heterocycles. The summed E-state index contributed by atoms with van der Waals surface area (Å²) in [5, 5.41) is 0.779. The van der Waals surface area contributed by atoms with Gasteiger partial charge in [0, 0.05) is 13.1 Å². The zero-order valence-electron chi connectivity index (χ0n) is 19.2. The van der Waals surface area contributed by atoms with Crippen LogP contribution < -0.4 is 4.90 Å². The molecule has 2 atom stereocenters. The molecule has 1 heterocycles. The normalized spacial score (nSPS) is 20.1. The fourth-order valence-electron chi connectivity index (χ4n) is 3.86. The van der Waals surface area contributed by atoms with Crippen LogP contribution in [0.25, 0.3) is 0 Å². The molecule has 2 aromatic carbocycles. The Hall–Kier alpha value is -1.56. The molecule has 0 spiro atoms. The summed E-state index contributed by atoms with van der Waals surface area (Å²) in [6.07, 6.45) is 2.16. The highest BCUT2D eigenvalue weighted by Gasteiger charge is 2.29. The molecule has 3 rings (SSSR count). The van der Waals surface area contributed by atoms with E-state index in [1.165, 1.54) is 11.1 Å². The van der Waals surface area contributed by atoms with Crippen LogP contribution in [0.2, 0.25) is 5.02 Å². The van der Waals surface area contributed by atoms with Gasteiger partial charge in [0.15, 0.2) is 9.84 Å². The third-order valence-corrected chi connectivity index (χ3v) is 8.67. The predicted octanol–water partition coefficient (Wildman–Crippen LogP) is 5.45. The molecule has 1 saturated heterocycles. The first-order chi connectivity index (χ1) is 14.4. The molecule has 0 aromatic heterocycles. The van der Waals surface area contributed by atoms with Crippen LogP contribution in [0.5, 0.6) is 0 Å². The number of rotatable bonds is 6. The summed E-state index contributed by atoms with van der Waals surface area (Å²) >= 11 is 6.62. The molecule has 0 unspecified atom stereocenters. The van der Waals surface area contributed by atoms with Crippen LogP contribution in [0, 0.1) is 0 Å². The molecule has 6 heteroatoms. The lowest BCUT2D eigenvalue weighted by atomic mass is 10.0. The predicted molar refractivity (Wildman–Crippen MR) is 130 cm³/mol. The van der Waals surface area contributed by atoms with E-state index in [-0.39, 0.29) is 18.0 Å². The molecule has 0 amide bonds. The Morgan fingerprint density at radius 2 is 1.45 bits per heavy atom. The molecule has 0 bridgehead atoms. The highest BCUT2D eigenvalue weighted by atomic mass is 35.5. The van der Waals surface area contributed by atoms with Crippen LogP contribution in [0.3, 0.4) is 0 Å². The minimum Gasteiger partial charge on any atom is -0.372 e. The van der Waals surface area contributed by atoms with Gasteiger partial charge < -0.3 is 9.64 Å². The molecule has 0 N–H and O–H groups in total. The van der Waals surface area contributed by atoms with E-state index in [1.807, 2.05) is 24.3 Å². The maximum absolute atomic E-state index is 12.4.